The number of urea groups is 1. The predicted molar refractivity (Wildman–Crippen MR) is 121 cm³/mol. The molecule has 0 aliphatic carbocycles. The molecule has 2 heterocycles. The molecule has 0 spiro atoms. The molecule has 1 fully saturated rings. The third-order valence-corrected chi connectivity index (χ3v) is 5.80. The van der Waals surface area contributed by atoms with Crippen LogP contribution in [0.3, 0.4) is 0 Å². The summed E-state index contributed by atoms with van der Waals surface area (Å²) < 4.78 is 10.8. The van der Waals surface area contributed by atoms with Crippen molar-refractivity contribution in [2.75, 3.05) is 38.7 Å². The Kier molecular flexibility index (Phi) is 8.25. The number of thiazole rings is 1. The summed E-state index contributed by atoms with van der Waals surface area (Å²) in [5.74, 6) is -0.115. The number of anilines is 1. The predicted octanol–water partition coefficient (Wildman–Crippen LogP) is 3.73. The minimum atomic E-state index is -0.293. The molecular weight excluding hydrogens is 440 g/mol. The molecule has 3 amide bonds. The van der Waals surface area contributed by atoms with Crippen molar-refractivity contribution in [1.29, 1.82) is 0 Å². The van der Waals surface area contributed by atoms with E-state index in [1.54, 1.807) is 46.6 Å². The van der Waals surface area contributed by atoms with Crippen molar-refractivity contribution in [3.05, 3.63) is 45.4 Å². The van der Waals surface area contributed by atoms with E-state index in [4.69, 9.17) is 21.1 Å². The molecule has 1 aromatic heterocycles. The summed E-state index contributed by atoms with van der Waals surface area (Å²) in [7, 11) is 1.58. The van der Waals surface area contributed by atoms with E-state index < -0.39 is 0 Å². The number of hydrogen-bond donors (Lipinski definition) is 1. The number of nitrogens with zero attached hydrogens (tertiary/aromatic N) is 3. The van der Waals surface area contributed by atoms with Gasteiger partial charge in [0.15, 0.2) is 0 Å². The number of benzene rings is 1. The molecule has 0 radical (unpaired) electrons. The number of ether oxygens (including phenoxy) is 2. The number of rotatable bonds is 7. The quantitative estimate of drug-likeness (QED) is 0.672. The zero-order valence-corrected chi connectivity index (χ0v) is 19.4. The molecule has 0 bridgehead atoms. The molecule has 31 heavy (non-hydrogen) atoms. The second kappa shape index (κ2) is 10.9. The summed E-state index contributed by atoms with van der Waals surface area (Å²) in [6.07, 6.45) is -0.0175. The highest BCUT2D eigenvalue weighted by Crippen LogP contribution is 2.19. The first kappa shape index (κ1) is 23.5. The molecule has 3 rings (SSSR count). The van der Waals surface area contributed by atoms with Crippen LogP contribution < -0.4 is 5.32 Å². The molecule has 1 N–H and O–H groups in total. The van der Waals surface area contributed by atoms with E-state index in [0.717, 1.165) is 0 Å². The fraction of sp³-hybridized carbons (Fsp3) is 0.476. The first-order chi connectivity index (χ1) is 14.9. The van der Waals surface area contributed by atoms with Gasteiger partial charge in [-0.1, -0.05) is 17.7 Å². The highest BCUT2D eigenvalue weighted by atomic mass is 35.5. The second-order valence-corrected chi connectivity index (χ2v) is 8.83. The van der Waals surface area contributed by atoms with Gasteiger partial charge in [0.2, 0.25) is 0 Å². The summed E-state index contributed by atoms with van der Waals surface area (Å²) in [4.78, 5) is 33.5. The first-order valence-electron chi connectivity index (χ1n) is 10.0. The van der Waals surface area contributed by atoms with E-state index in [1.165, 1.54) is 11.3 Å². The smallest absolute Gasteiger partial charge is 0.322 e. The summed E-state index contributed by atoms with van der Waals surface area (Å²) in [6.45, 7) is 6.01. The number of amides is 3. The van der Waals surface area contributed by atoms with Crippen LogP contribution in [0.15, 0.2) is 29.6 Å². The van der Waals surface area contributed by atoms with Crippen LogP contribution in [-0.2, 0) is 16.0 Å². The number of hydrogen-bond acceptors (Lipinski definition) is 6. The number of aromatic nitrogens is 1. The first-order valence-corrected chi connectivity index (χ1v) is 11.3. The molecule has 2 unspecified atom stereocenters. The zero-order valence-electron chi connectivity index (χ0n) is 17.8. The van der Waals surface area contributed by atoms with Crippen LogP contribution in [-0.4, -0.2) is 72.3 Å². The topological polar surface area (TPSA) is 84.0 Å². The molecule has 1 aliphatic heterocycles. The van der Waals surface area contributed by atoms with E-state index in [-0.39, 0.29) is 30.7 Å². The van der Waals surface area contributed by atoms with Crippen LogP contribution in [0.25, 0.3) is 0 Å². The molecule has 10 heteroatoms. The molecule has 168 valence electrons. The van der Waals surface area contributed by atoms with Gasteiger partial charge in [-0.25, -0.2) is 9.78 Å². The SMILES string of the molecule is COCCN(Cc1nc(C(=O)N2CC(C)OC(C)C2)cs1)C(=O)Nc1cccc(Cl)c1. The molecule has 0 saturated carbocycles. The van der Waals surface area contributed by atoms with E-state index in [1.807, 2.05) is 13.8 Å². The van der Waals surface area contributed by atoms with Gasteiger partial charge in [0.25, 0.3) is 5.91 Å². The lowest BCUT2D eigenvalue weighted by atomic mass is 10.2. The van der Waals surface area contributed by atoms with Crippen molar-refractivity contribution in [2.45, 2.75) is 32.6 Å². The Labute approximate surface area is 191 Å². The maximum Gasteiger partial charge on any atom is 0.322 e. The highest BCUT2D eigenvalue weighted by Gasteiger charge is 2.28. The summed E-state index contributed by atoms with van der Waals surface area (Å²) in [6, 6.07) is 6.66. The summed E-state index contributed by atoms with van der Waals surface area (Å²) in [5, 5.41) is 5.79. The van der Waals surface area contributed by atoms with Crippen LogP contribution in [0.5, 0.6) is 0 Å². The summed E-state index contributed by atoms with van der Waals surface area (Å²) in [5.41, 5.74) is 0.994. The van der Waals surface area contributed by atoms with Crippen LogP contribution in [0.1, 0.15) is 29.3 Å². The van der Waals surface area contributed by atoms with E-state index in [0.29, 0.717) is 47.7 Å². The van der Waals surface area contributed by atoms with Crippen LogP contribution in [0, 0.1) is 0 Å². The molecule has 1 saturated heterocycles. The molecule has 1 aliphatic rings. The lowest BCUT2D eigenvalue weighted by Crippen LogP contribution is -2.48. The fourth-order valence-electron chi connectivity index (χ4n) is 3.37. The van der Waals surface area contributed by atoms with Gasteiger partial charge in [-0.05, 0) is 32.0 Å². The lowest BCUT2D eigenvalue weighted by Gasteiger charge is -2.34. The van der Waals surface area contributed by atoms with Gasteiger partial charge in [-0.2, -0.15) is 0 Å². The Morgan fingerprint density at radius 3 is 2.77 bits per heavy atom. The van der Waals surface area contributed by atoms with Gasteiger partial charge in [-0.3, -0.25) is 4.79 Å². The third-order valence-electron chi connectivity index (χ3n) is 4.73. The van der Waals surface area contributed by atoms with Crippen molar-refractivity contribution in [2.24, 2.45) is 0 Å². The van der Waals surface area contributed by atoms with Crippen molar-refractivity contribution in [3.63, 3.8) is 0 Å². The Morgan fingerprint density at radius 1 is 1.35 bits per heavy atom. The van der Waals surface area contributed by atoms with Gasteiger partial charge < -0.3 is 24.6 Å². The van der Waals surface area contributed by atoms with E-state index >= 15 is 0 Å². The maximum absolute atomic E-state index is 12.9. The van der Waals surface area contributed by atoms with Crippen molar-refractivity contribution in [1.82, 2.24) is 14.8 Å². The summed E-state index contributed by atoms with van der Waals surface area (Å²) >= 11 is 7.36. The van der Waals surface area contributed by atoms with Gasteiger partial charge in [-0.15, -0.1) is 11.3 Å². The van der Waals surface area contributed by atoms with Crippen LogP contribution in [0.2, 0.25) is 5.02 Å². The van der Waals surface area contributed by atoms with Gasteiger partial charge in [0.05, 0.1) is 25.4 Å². The van der Waals surface area contributed by atoms with Crippen molar-refractivity contribution >= 4 is 40.6 Å². The minimum Gasteiger partial charge on any atom is -0.383 e. The number of carbonyl (C=O) groups excluding carboxylic acids is 2. The molecule has 8 nitrogen and oxygen atoms in total. The number of halogens is 1. The molecule has 2 atom stereocenters. The standard InChI is InChI=1S/C21H27ClN4O4S/c1-14-10-26(11-15(2)30-14)20(27)18-13-31-19(24-18)12-25(7-8-29-3)21(28)23-17-6-4-5-16(22)9-17/h4-6,9,13-15H,7-8,10-12H2,1-3H3,(H,23,28). The van der Waals surface area contributed by atoms with Gasteiger partial charge >= 0.3 is 6.03 Å². The van der Waals surface area contributed by atoms with Gasteiger partial charge in [0, 0.05) is 42.8 Å². The molecule has 2 aromatic rings. The fourth-order valence-corrected chi connectivity index (χ4v) is 4.35. The highest BCUT2D eigenvalue weighted by molar-refractivity contribution is 7.09. The lowest BCUT2D eigenvalue weighted by molar-refractivity contribution is -0.0587. The van der Waals surface area contributed by atoms with E-state index in [9.17, 15) is 9.59 Å². The van der Waals surface area contributed by atoms with Crippen LogP contribution >= 0.6 is 22.9 Å². The number of morpholine rings is 1. The van der Waals surface area contributed by atoms with Gasteiger partial charge in [0.1, 0.15) is 10.7 Å². The average molecular weight is 467 g/mol. The second-order valence-electron chi connectivity index (χ2n) is 7.45. The number of carbonyl (C=O) groups is 2. The minimum absolute atomic E-state index is 0.00877. The Hall–Kier alpha value is -2.20. The number of methoxy groups -OCH3 is 1. The van der Waals surface area contributed by atoms with Crippen molar-refractivity contribution in [3.8, 4) is 0 Å². The third kappa shape index (κ3) is 6.64. The normalized spacial score (nSPS) is 18.6. The Balaban J connectivity index is 1.67. The largest absolute Gasteiger partial charge is 0.383 e. The number of nitrogens with one attached hydrogen (secondary N) is 1. The molecule has 1 aromatic carbocycles. The maximum atomic E-state index is 12.9. The van der Waals surface area contributed by atoms with Crippen LogP contribution in [0.4, 0.5) is 10.5 Å². The van der Waals surface area contributed by atoms with Crippen molar-refractivity contribution < 1.29 is 19.1 Å². The Morgan fingerprint density at radius 2 is 2.10 bits per heavy atom. The molecular formula is C21H27ClN4O4S. The zero-order chi connectivity index (χ0) is 22.4. The average Bonchev–Trinajstić information content (AvgIpc) is 3.18. The van der Waals surface area contributed by atoms with E-state index in [2.05, 4.69) is 10.3 Å². The monoisotopic (exact) mass is 466 g/mol. The Bertz CT molecular complexity index is 899.